The van der Waals surface area contributed by atoms with Crippen molar-refractivity contribution < 1.29 is 14.3 Å². The van der Waals surface area contributed by atoms with Gasteiger partial charge in [0, 0.05) is 23.7 Å². The highest BCUT2D eigenvalue weighted by molar-refractivity contribution is 7.98. The second kappa shape index (κ2) is 10.1. The average molecular weight is 324 g/mol. The molecule has 0 unspecified atom stereocenters. The van der Waals surface area contributed by atoms with Crippen molar-refractivity contribution in [3.8, 4) is 0 Å². The van der Waals surface area contributed by atoms with Crippen molar-refractivity contribution in [2.24, 2.45) is 0 Å². The number of carbonyl (C=O) groups is 2. The number of esters is 1. The maximum atomic E-state index is 12.3. The number of hydrogen-bond donors (Lipinski definition) is 1. The lowest BCUT2D eigenvalue weighted by Crippen LogP contribution is -2.37. The molecule has 1 aromatic carbocycles. The molecule has 0 aliphatic rings. The number of urea groups is 1. The van der Waals surface area contributed by atoms with E-state index in [0.717, 1.165) is 17.0 Å². The van der Waals surface area contributed by atoms with E-state index >= 15 is 0 Å². The molecule has 0 aliphatic carbocycles. The molecule has 0 bridgehead atoms. The standard InChI is InChI=1S/C16H24N2O3S/c1-4-11-18(12-10-15(19)21-5-2)16(20)17-13-6-8-14(22-3)9-7-13/h6-9H,4-5,10-12H2,1-3H3,(H,17,20). The minimum absolute atomic E-state index is 0.192. The number of hydrogen-bond acceptors (Lipinski definition) is 4. The summed E-state index contributed by atoms with van der Waals surface area (Å²) in [6, 6.07) is 7.48. The highest BCUT2D eigenvalue weighted by Crippen LogP contribution is 2.17. The van der Waals surface area contributed by atoms with Crippen molar-refractivity contribution >= 4 is 29.4 Å². The van der Waals surface area contributed by atoms with Gasteiger partial charge in [0.25, 0.3) is 0 Å². The number of ether oxygens (including phenoxy) is 1. The van der Waals surface area contributed by atoms with Crippen molar-refractivity contribution in [1.29, 1.82) is 0 Å². The molecule has 122 valence electrons. The summed E-state index contributed by atoms with van der Waals surface area (Å²) in [5.74, 6) is -0.277. The second-order valence-electron chi connectivity index (χ2n) is 4.70. The van der Waals surface area contributed by atoms with Crippen molar-refractivity contribution in [1.82, 2.24) is 4.90 Å². The molecule has 5 nitrogen and oxygen atoms in total. The van der Waals surface area contributed by atoms with Gasteiger partial charge in [-0.25, -0.2) is 4.79 Å². The molecule has 0 heterocycles. The number of rotatable bonds is 8. The van der Waals surface area contributed by atoms with E-state index in [4.69, 9.17) is 4.74 Å². The van der Waals surface area contributed by atoms with Crippen LogP contribution in [0.4, 0.5) is 10.5 Å². The molecular formula is C16H24N2O3S. The van der Waals surface area contributed by atoms with E-state index in [-0.39, 0.29) is 18.4 Å². The van der Waals surface area contributed by atoms with Crippen molar-refractivity contribution in [3.63, 3.8) is 0 Å². The van der Waals surface area contributed by atoms with Crippen LogP contribution in [0, 0.1) is 0 Å². The number of nitrogens with zero attached hydrogens (tertiary/aromatic N) is 1. The van der Waals surface area contributed by atoms with Gasteiger partial charge in [-0.1, -0.05) is 6.92 Å². The lowest BCUT2D eigenvalue weighted by atomic mass is 10.3. The van der Waals surface area contributed by atoms with Crippen LogP contribution in [0.15, 0.2) is 29.2 Å². The molecule has 0 aliphatic heterocycles. The fourth-order valence-electron chi connectivity index (χ4n) is 1.92. The Morgan fingerprint density at radius 2 is 1.86 bits per heavy atom. The van der Waals surface area contributed by atoms with Crippen molar-refractivity contribution in [3.05, 3.63) is 24.3 Å². The van der Waals surface area contributed by atoms with E-state index < -0.39 is 0 Å². The van der Waals surface area contributed by atoms with Crippen molar-refractivity contribution in [2.75, 3.05) is 31.3 Å². The van der Waals surface area contributed by atoms with Crippen LogP contribution in [0.3, 0.4) is 0 Å². The summed E-state index contributed by atoms with van der Waals surface area (Å²) in [6.45, 7) is 5.10. The number of anilines is 1. The zero-order valence-electron chi connectivity index (χ0n) is 13.4. The third-order valence-electron chi connectivity index (χ3n) is 3.01. The van der Waals surface area contributed by atoms with Crippen molar-refractivity contribution in [2.45, 2.75) is 31.6 Å². The summed E-state index contributed by atoms with van der Waals surface area (Å²) >= 11 is 1.65. The maximum Gasteiger partial charge on any atom is 0.321 e. The van der Waals surface area contributed by atoms with Crippen LogP contribution in [-0.2, 0) is 9.53 Å². The van der Waals surface area contributed by atoms with E-state index in [2.05, 4.69) is 5.32 Å². The molecule has 0 fully saturated rings. The summed E-state index contributed by atoms with van der Waals surface area (Å²) in [5.41, 5.74) is 0.750. The molecule has 6 heteroatoms. The summed E-state index contributed by atoms with van der Waals surface area (Å²) in [4.78, 5) is 26.5. The molecule has 0 spiro atoms. The Morgan fingerprint density at radius 1 is 1.18 bits per heavy atom. The molecule has 0 radical (unpaired) electrons. The Balaban J connectivity index is 2.57. The average Bonchev–Trinajstić information content (AvgIpc) is 2.52. The smallest absolute Gasteiger partial charge is 0.321 e. The molecule has 0 aromatic heterocycles. The first-order valence-electron chi connectivity index (χ1n) is 7.46. The molecule has 1 aromatic rings. The number of thioether (sulfide) groups is 1. The molecule has 0 saturated heterocycles. The van der Waals surface area contributed by atoms with Crippen LogP contribution in [-0.4, -0.2) is 42.9 Å². The van der Waals surface area contributed by atoms with E-state index in [9.17, 15) is 9.59 Å². The molecular weight excluding hydrogens is 300 g/mol. The largest absolute Gasteiger partial charge is 0.466 e. The predicted molar refractivity (Wildman–Crippen MR) is 90.4 cm³/mol. The van der Waals surface area contributed by atoms with Crippen LogP contribution in [0.1, 0.15) is 26.7 Å². The fraction of sp³-hybridized carbons (Fsp3) is 0.500. The van der Waals surface area contributed by atoms with Crippen LogP contribution >= 0.6 is 11.8 Å². The zero-order valence-corrected chi connectivity index (χ0v) is 14.2. The molecule has 0 atom stereocenters. The molecule has 0 saturated carbocycles. The van der Waals surface area contributed by atoms with Crippen LogP contribution in [0.2, 0.25) is 0 Å². The van der Waals surface area contributed by atoms with Gasteiger partial charge in [0.1, 0.15) is 0 Å². The van der Waals surface area contributed by atoms with E-state index in [0.29, 0.717) is 19.7 Å². The Kier molecular flexibility index (Phi) is 8.43. The number of nitrogens with one attached hydrogen (secondary N) is 1. The topological polar surface area (TPSA) is 58.6 Å². The van der Waals surface area contributed by atoms with Gasteiger partial charge in [0.2, 0.25) is 0 Å². The Bertz CT molecular complexity index is 477. The van der Waals surface area contributed by atoms with Gasteiger partial charge in [0.05, 0.1) is 13.0 Å². The quantitative estimate of drug-likeness (QED) is 0.586. The molecule has 22 heavy (non-hydrogen) atoms. The van der Waals surface area contributed by atoms with Crippen LogP contribution in [0.25, 0.3) is 0 Å². The maximum absolute atomic E-state index is 12.3. The van der Waals surface area contributed by atoms with Crippen LogP contribution < -0.4 is 5.32 Å². The van der Waals surface area contributed by atoms with E-state index in [1.807, 2.05) is 37.4 Å². The van der Waals surface area contributed by atoms with Gasteiger partial charge in [-0.3, -0.25) is 4.79 Å². The first kappa shape index (κ1) is 18.4. The highest BCUT2D eigenvalue weighted by atomic mass is 32.2. The van der Waals surface area contributed by atoms with Gasteiger partial charge in [-0.15, -0.1) is 11.8 Å². The van der Waals surface area contributed by atoms with Crippen LogP contribution in [0.5, 0.6) is 0 Å². The Morgan fingerprint density at radius 3 is 2.41 bits per heavy atom. The Hall–Kier alpha value is -1.69. The first-order valence-corrected chi connectivity index (χ1v) is 8.68. The fourth-order valence-corrected chi connectivity index (χ4v) is 2.33. The monoisotopic (exact) mass is 324 g/mol. The molecule has 1 N–H and O–H groups in total. The minimum Gasteiger partial charge on any atom is -0.466 e. The number of benzene rings is 1. The first-order chi connectivity index (χ1) is 10.6. The zero-order chi connectivity index (χ0) is 16.4. The third-order valence-corrected chi connectivity index (χ3v) is 3.76. The molecule has 1 rings (SSSR count). The van der Waals surface area contributed by atoms with Gasteiger partial charge < -0.3 is 15.0 Å². The van der Waals surface area contributed by atoms with Gasteiger partial charge in [-0.2, -0.15) is 0 Å². The summed E-state index contributed by atoms with van der Waals surface area (Å²) in [6.07, 6.45) is 3.06. The lowest BCUT2D eigenvalue weighted by Gasteiger charge is -2.22. The second-order valence-corrected chi connectivity index (χ2v) is 5.58. The van der Waals surface area contributed by atoms with E-state index in [1.54, 1.807) is 23.6 Å². The normalized spacial score (nSPS) is 10.1. The van der Waals surface area contributed by atoms with Gasteiger partial charge in [0.15, 0.2) is 0 Å². The lowest BCUT2D eigenvalue weighted by molar-refractivity contribution is -0.143. The number of amides is 2. The van der Waals surface area contributed by atoms with Gasteiger partial charge >= 0.3 is 12.0 Å². The minimum atomic E-state index is -0.277. The van der Waals surface area contributed by atoms with Gasteiger partial charge in [-0.05, 0) is 43.9 Å². The highest BCUT2D eigenvalue weighted by Gasteiger charge is 2.14. The summed E-state index contributed by atoms with van der Waals surface area (Å²) in [7, 11) is 0. The molecule has 2 amide bonds. The third kappa shape index (κ3) is 6.39. The number of carbonyl (C=O) groups excluding carboxylic acids is 2. The SMILES string of the molecule is CCCN(CCC(=O)OCC)C(=O)Nc1ccc(SC)cc1. The summed E-state index contributed by atoms with van der Waals surface area (Å²) < 4.78 is 4.89. The Labute approximate surface area is 136 Å². The predicted octanol–water partition coefficient (Wildman–Crippen LogP) is 3.61. The van der Waals surface area contributed by atoms with E-state index in [1.165, 1.54) is 0 Å². The summed E-state index contributed by atoms with van der Waals surface area (Å²) in [5, 5.41) is 2.86.